The summed E-state index contributed by atoms with van der Waals surface area (Å²) in [5.41, 5.74) is 0. The van der Waals surface area contributed by atoms with Crippen LogP contribution in [0.5, 0.6) is 0 Å². The second-order valence-electron chi connectivity index (χ2n) is 3.25. The zero-order valence-electron chi connectivity index (χ0n) is 7.75. The summed E-state index contributed by atoms with van der Waals surface area (Å²) in [6.07, 6.45) is 2.59. The van der Waals surface area contributed by atoms with Crippen LogP contribution in [-0.4, -0.2) is 35.8 Å². The van der Waals surface area contributed by atoms with Crippen LogP contribution in [0.25, 0.3) is 0 Å². The number of carbonyl (C=O) groups is 2. The number of hydrogen-bond donors (Lipinski definition) is 1. The number of nitrogens with one attached hydrogen (secondary N) is 1. The van der Waals surface area contributed by atoms with E-state index in [1.807, 2.05) is 11.8 Å². The normalized spacial score (nSPS) is 21.0. The van der Waals surface area contributed by atoms with E-state index in [-0.39, 0.29) is 17.9 Å². The Morgan fingerprint density at radius 2 is 2.08 bits per heavy atom. The standard InChI is InChI=1S/C9H14N2O2/c1-3-4-7(2)11-5-8(12)10-9(13)6-11/h3,7H,1,4-6H2,2H3,(H,10,12,13). The molecule has 1 N–H and O–H groups in total. The Hall–Kier alpha value is -1.16. The summed E-state index contributed by atoms with van der Waals surface area (Å²) >= 11 is 0. The molecule has 2 amide bonds. The molecule has 0 bridgehead atoms. The second kappa shape index (κ2) is 4.18. The lowest BCUT2D eigenvalue weighted by atomic mass is 10.2. The lowest BCUT2D eigenvalue weighted by Crippen LogP contribution is -2.53. The van der Waals surface area contributed by atoms with E-state index in [0.717, 1.165) is 6.42 Å². The van der Waals surface area contributed by atoms with Crippen LogP contribution in [0.2, 0.25) is 0 Å². The van der Waals surface area contributed by atoms with E-state index in [1.165, 1.54) is 0 Å². The molecule has 1 rings (SSSR count). The number of amides is 2. The molecule has 1 saturated heterocycles. The van der Waals surface area contributed by atoms with E-state index in [2.05, 4.69) is 11.9 Å². The molecule has 1 aliphatic rings. The first kappa shape index (κ1) is 9.92. The van der Waals surface area contributed by atoms with Crippen LogP contribution in [0.4, 0.5) is 0 Å². The molecule has 1 heterocycles. The third kappa shape index (κ3) is 2.66. The van der Waals surface area contributed by atoms with Crippen molar-refractivity contribution in [3.63, 3.8) is 0 Å². The number of piperazine rings is 1. The minimum atomic E-state index is -0.216. The maximum absolute atomic E-state index is 11.0. The maximum atomic E-state index is 11.0. The van der Waals surface area contributed by atoms with Gasteiger partial charge in [-0.3, -0.25) is 19.8 Å². The van der Waals surface area contributed by atoms with Crippen molar-refractivity contribution in [2.24, 2.45) is 0 Å². The van der Waals surface area contributed by atoms with Crippen molar-refractivity contribution in [2.75, 3.05) is 13.1 Å². The van der Waals surface area contributed by atoms with Crippen LogP contribution >= 0.6 is 0 Å². The summed E-state index contributed by atoms with van der Waals surface area (Å²) in [5.74, 6) is -0.431. The molecule has 4 heteroatoms. The monoisotopic (exact) mass is 182 g/mol. The van der Waals surface area contributed by atoms with Gasteiger partial charge in [-0.25, -0.2) is 0 Å². The van der Waals surface area contributed by atoms with Crippen molar-refractivity contribution < 1.29 is 9.59 Å². The van der Waals surface area contributed by atoms with Gasteiger partial charge < -0.3 is 0 Å². The van der Waals surface area contributed by atoms with Gasteiger partial charge in [-0.1, -0.05) is 6.08 Å². The Morgan fingerprint density at radius 3 is 2.54 bits per heavy atom. The Labute approximate surface area is 77.6 Å². The second-order valence-corrected chi connectivity index (χ2v) is 3.25. The summed E-state index contributed by atoms with van der Waals surface area (Å²) < 4.78 is 0. The molecule has 0 radical (unpaired) electrons. The van der Waals surface area contributed by atoms with Crippen molar-refractivity contribution in [3.8, 4) is 0 Å². The molecule has 0 aromatic rings. The molecule has 1 unspecified atom stereocenters. The quantitative estimate of drug-likeness (QED) is 0.490. The molecule has 13 heavy (non-hydrogen) atoms. The van der Waals surface area contributed by atoms with E-state index >= 15 is 0 Å². The van der Waals surface area contributed by atoms with E-state index in [9.17, 15) is 9.59 Å². The van der Waals surface area contributed by atoms with Gasteiger partial charge in [-0.15, -0.1) is 6.58 Å². The van der Waals surface area contributed by atoms with Gasteiger partial charge in [0.1, 0.15) is 0 Å². The largest absolute Gasteiger partial charge is 0.294 e. The molecule has 0 saturated carbocycles. The minimum absolute atomic E-state index is 0.201. The molecule has 72 valence electrons. The zero-order chi connectivity index (χ0) is 9.84. The third-order valence-corrected chi connectivity index (χ3v) is 2.10. The first-order chi connectivity index (χ1) is 6.13. The maximum Gasteiger partial charge on any atom is 0.240 e. The Kier molecular flexibility index (Phi) is 3.19. The molecular formula is C9H14N2O2. The van der Waals surface area contributed by atoms with Crippen LogP contribution in [0, 0.1) is 0 Å². The number of imide groups is 1. The number of hydrogen-bond acceptors (Lipinski definition) is 3. The SMILES string of the molecule is C=CCC(C)N1CC(=O)NC(=O)C1. The van der Waals surface area contributed by atoms with Crippen LogP contribution in [0.3, 0.4) is 0 Å². The Balaban J connectivity index is 2.54. The topological polar surface area (TPSA) is 49.4 Å². The predicted molar refractivity (Wildman–Crippen MR) is 49.0 cm³/mol. The Bertz CT molecular complexity index is 222. The predicted octanol–water partition coefficient (Wildman–Crippen LogP) is -0.0906. The molecule has 1 atom stereocenters. The van der Waals surface area contributed by atoms with E-state index in [4.69, 9.17) is 0 Å². The fourth-order valence-corrected chi connectivity index (χ4v) is 1.36. The highest BCUT2D eigenvalue weighted by molar-refractivity contribution is 5.99. The molecule has 4 nitrogen and oxygen atoms in total. The van der Waals surface area contributed by atoms with Gasteiger partial charge in [0.05, 0.1) is 13.1 Å². The molecule has 1 aliphatic heterocycles. The van der Waals surface area contributed by atoms with E-state index < -0.39 is 0 Å². The highest BCUT2D eigenvalue weighted by Gasteiger charge is 2.25. The fraction of sp³-hybridized carbons (Fsp3) is 0.556. The van der Waals surface area contributed by atoms with Crippen molar-refractivity contribution >= 4 is 11.8 Å². The Morgan fingerprint density at radius 1 is 1.54 bits per heavy atom. The third-order valence-electron chi connectivity index (χ3n) is 2.10. The van der Waals surface area contributed by atoms with Crippen LogP contribution in [0.1, 0.15) is 13.3 Å². The van der Waals surface area contributed by atoms with Crippen molar-refractivity contribution in [1.29, 1.82) is 0 Å². The average Bonchev–Trinajstić information content (AvgIpc) is 2.03. The summed E-state index contributed by atoms with van der Waals surface area (Å²) in [6.45, 7) is 6.21. The lowest BCUT2D eigenvalue weighted by Gasteiger charge is -2.30. The van der Waals surface area contributed by atoms with Gasteiger partial charge in [-0.2, -0.15) is 0 Å². The highest BCUT2D eigenvalue weighted by atomic mass is 16.2. The van der Waals surface area contributed by atoms with Gasteiger partial charge in [0.15, 0.2) is 0 Å². The fourth-order valence-electron chi connectivity index (χ4n) is 1.36. The lowest BCUT2D eigenvalue weighted by molar-refractivity contribution is -0.136. The van der Waals surface area contributed by atoms with Gasteiger partial charge in [0, 0.05) is 6.04 Å². The smallest absolute Gasteiger partial charge is 0.240 e. The molecule has 0 aromatic heterocycles. The van der Waals surface area contributed by atoms with Crippen LogP contribution in [-0.2, 0) is 9.59 Å². The molecule has 0 aliphatic carbocycles. The molecule has 0 aromatic carbocycles. The highest BCUT2D eigenvalue weighted by Crippen LogP contribution is 2.05. The number of rotatable bonds is 3. The minimum Gasteiger partial charge on any atom is -0.294 e. The summed E-state index contributed by atoms with van der Waals surface area (Å²) in [4.78, 5) is 23.8. The van der Waals surface area contributed by atoms with Crippen LogP contribution < -0.4 is 5.32 Å². The molecule has 0 spiro atoms. The summed E-state index contributed by atoms with van der Waals surface area (Å²) in [7, 11) is 0. The van der Waals surface area contributed by atoms with Gasteiger partial charge in [-0.05, 0) is 13.3 Å². The number of carbonyl (C=O) groups excluding carboxylic acids is 2. The van der Waals surface area contributed by atoms with Crippen LogP contribution in [0.15, 0.2) is 12.7 Å². The first-order valence-corrected chi connectivity index (χ1v) is 4.31. The van der Waals surface area contributed by atoms with Gasteiger partial charge in [0.25, 0.3) is 0 Å². The zero-order valence-corrected chi connectivity index (χ0v) is 7.75. The van der Waals surface area contributed by atoms with Crippen molar-refractivity contribution in [1.82, 2.24) is 10.2 Å². The van der Waals surface area contributed by atoms with Gasteiger partial charge in [0.2, 0.25) is 11.8 Å². The van der Waals surface area contributed by atoms with Gasteiger partial charge >= 0.3 is 0 Å². The first-order valence-electron chi connectivity index (χ1n) is 4.31. The van der Waals surface area contributed by atoms with E-state index in [0.29, 0.717) is 13.1 Å². The molecular weight excluding hydrogens is 168 g/mol. The van der Waals surface area contributed by atoms with Crippen molar-refractivity contribution in [2.45, 2.75) is 19.4 Å². The summed E-state index contributed by atoms with van der Waals surface area (Å²) in [5, 5.41) is 2.26. The summed E-state index contributed by atoms with van der Waals surface area (Å²) in [6, 6.07) is 0.201. The number of nitrogens with zero attached hydrogens (tertiary/aromatic N) is 1. The average molecular weight is 182 g/mol. The molecule has 1 fully saturated rings. The van der Waals surface area contributed by atoms with E-state index in [1.54, 1.807) is 6.08 Å². The van der Waals surface area contributed by atoms with Crippen molar-refractivity contribution in [3.05, 3.63) is 12.7 Å².